The molecule has 9 heteroatoms. The van der Waals surface area contributed by atoms with Crippen molar-refractivity contribution < 1.29 is 28.7 Å². The molecule has 3 amide bonds. The van der Waals surface area contributed by atoms with E-state index in [4.69, 9.17) is 9.47 Å². The van der Waals surface area contributed by atoms with Crippen LogP contribution in [-0.2, 0) is 23.9 Å². The molecule has 9 nitrogen and oxygen atoms in total. The second-order valence-electron chi connectivity index (χ2n) is 7.03. The third-order valence-corrected chi connectivity index (χ3v) is 4.05. The fourth-order valence-electron chi connectivity index (χ4n) is 2.48. The summed E-state index contributed by atoms with van der Waals surface area (Å²) in [5.74, 6) is -1.68. The first-order valence-electron chi connectivity index (χ1n) is 9.78. The highest BCUT2D eigenvalue weighted by molar-refractivity contribution is 5.86. The average molecular weight is 402 g/mol. The Morgan fingerprint density at radius 3 is 1.79 bits per heavy atom. The number of alkyl carbamates (subject to hydrolysis) is 1. The molecule has 0 spiro atoms. The lowest BCUT2D eigenvalue weighted by atomic mass is 9.91. The van der Waals surface area contributed by atoms with E-state index < -0.39 is 24.0 Å². The lowest BCUT2D eigenvalue weighted by Crippen LogP contribution is -2.51. The Balaban J connectivity index is 4.48. The summed E-state index contributed by atoms with van der Waals surface area (Å²) in [6.07, 6.45) is -0.633. The van der Waals surface area contributed by atoms with Crippen LogP contribution in [0.2, 0.25) is 0 Å². The minimum Gasteiger partial charge on any atom is -0.466 e. The molecule has 0 saturated carbocycles. The molecule has 0 heterocycles. The van der Waals surface area contributed by atoms with Gasteiger partial charge in [-0.2, -0.15) is 0 Å². The zero-order chi connectivity index (χ0) is 21.7. The summed E-state index contributed by atoms with van der Waals surface area (Å²) in [4.78, 5) is 47.8. The summed E-state index contributed by atoms with van der Waals surface area (Å²) in [5.41, 5.74) is 0. The molecule has 0 aromatic heterocycles. The lowest BCUT2D eigenvalue weighted by molar-refractivity contribution is -0.147. The van der Waals surface area contributed by atoms with Crippen molar-refractivity contribution in [1.82, 2.24) is 16.0 Å². The maximum Gasteiger partial charge on any atom is 0.407 e. The van der Waals surface area contributed by atoms with Crippen LogP contribution in [0.25, 0.3) is 0 Å². The minimum absolute atomic E-state index is 0.0165. The van der Waals surface area contributed by atoms with E-state index in [9.17, 15) is 19.2 Å². The van der Waals surface area contributed by atoms with Crippen molar-refractivity contribution in [1.29, 1.82) is 0 Å². The van der Waals surface area contributed by atoms with Gasteiger partial charge in [0.15, 0.2) is 0 Å². The van der Waals surface area contributed by atoms with Gasteiger partial charge < -0.3 is 25.4 Å². The predicted molar refractivity (Wildman–Crippen MR) is 104 cm³/mol. The van der Waals surface area contributed by atoms with Crippen molar-refractivity contribution in [3.63, 3.8) is 0 Å². The lowest BCUT2D eigenvalue weighted by Gasteiger charge is -2.22. The Bertz CT molecular complexity index is 476. The zero-order valence-corrected chi connectivity index (χ0v) is 17.8. The summed E-state index contributed by atoms with van der Waals surface area (Å²) < 4.78 is 9.71. The van der Waals surface area contributed by atoms with Gasteiger partial charge in [-0.05, 0) is 25.7 Å². The van der Waals surface area contributed by atoms with Crippen LogP contribution in [0.15, 0.2) is 0 Å². The molecule has 2 atom stereocenters. The monoisotopic (exact) mass is 401 g/mol. The molecule has 0 aromatic carbocycles. The molecule has 0 rings (SSSR count). The number of hydrogen-bond acceptors (Lipinski definition) is 6. The first-order chi connectivity index (χ1) is 13.1. The molecule has 0 radical (unpaired) electrons. The minimum atomic E-state index is -0.734. The van der Waals surface area contributed by atoms with Crippen LogP contribution in [0.1, 0.15) is 48.0 Å². The molecule has 0 aromatic rings. The molecule has 0 saturated heterocycles. The van der Waals surface area contributed by atoms with Gasteiger partial charge >= 0.3 is 12.1 Å². The Labute approximate surface area is 167 Å². The smallest absolute Gasteiger partial charge is 0.407 e. The number of carbonyl (C=O) groups excluding carboxylic acids is 4. The van der Waals surface area contributed by atoms with E-state index in [2.05, 4.69) is 16.0 Å². The van der Waals surface area contributed by atoms with Crippen molar-refractivity contribution in [2.24, 2.45) is 17.8 Å². The molecule has 0 aliphatic heterocycles. The molecule has 0 fully saturated rings. The SMILES string of the molecule is CCOC(=O)C[C@H](C(=O)NCCNC(=O)[C@@H](NC(=O)OCC)C(C)C)C(C)C. The highest BCUT2D eigenvalue weighted by Crippen LogP contribution is 2.16. The second-order valence-corrected chi connectivity index (χ2v) is 7.03. The van der Waals surface area contributed by atoms with Crippen LogP contribution in [-0.4, -0.2) is 56.2 Å². The summed E-state index contributed by atoms with van der Waals surface area (Å²) in [6.45, 7) is 11.6. The number of nitrogens with one attached hydrogen (secondary N) is 3. The number of hydrogen-bond donors (Lipinski definition) is 3. The summed E-state index contributed by atoms with van der Waals surface area (Å²) in [6, 6.07) is -0.734. The van der Waals surface area contributed by atoms with E-state index in [0.717, 1.165) is 0 Å². The maximum atomic E-state index is 12.3. The van der Waals surface area contributed by atoms with Gasteiger partial charge in [-0.3, -0.25) is 14.4 Å². The standard InChI is InChI=1S/C19H35N3O6/c1-7-27-15(23)11-14(12(3)4)17(24)20-9-10-21-18(25)16(13(5)6)22-19(26)28-8-2/h12-14,16H,7-11H2,1-6H3,(H,20,24)(H,21,25)(H,22,26)/t14-,16-/m0/s1. The Morgan fingerprint density at radius 2 is 1.32 bits per heavy atom. The zero-order valence-electron chi connectivity index (χ0n) is 17.8. The molecule has 0 unspecified atom stereocenters. The van der Waals surface area contributed by atoms with E-state index in [1.165, 1.54) is 0 Å². The van der Waals surface area contributed by atoms with Crippen LogP contribution in [0.3, 0.4) is 0 Å². The van der Waals surface area contributed by atoms with Crippen molar-refractivity contribution in [2.75, 3.05) is 26.3 Å². The molecular weight excluding hydrogens is 366 g/mol. The summed E-state index contributed by atoms with van der Waals surface area (Å²) in [7, 11) is 0. The fraction of sp³-hybridized carbons (Fsp3) is 0.789. The molecule has 28 heavy (non-hydrogen) atoms. The van der Waals surface area contributed by atoms with Crippen LogP contribution in [0.4, 0.5) is 4.79 Å². The van der Waals surface area contributed by atoms with Crippen molar-refractivity contribution >= 4 is 23.9 Å². The molecular formula is C19H35N3O6. The maximum absolute atomic E-state index is 12.3. The molecule has 162 valence electrons. The van der Waals surface area contributed by atoms with Gasteiger partial charge in [-0.15, -0.1) is 0 Å². The average Bonchev–Trinajstić information content (AvgIpc) is 2.60. The van der Waals surface area contributed by atoms with Gasteiger partial charge in [-0.25, -0.2) is 4.79 Å². The van der Waals surface area contributed by atoms with Gasteiger partial charge in [0.25, 0.3) is 0 Å². The van der Waals surface area contributed by atoms with Crippen molar-refractivity contribution in [2.45, 2.75) is 54.0 Å². The largest absolute Gasteiger partial charge is 0.466 e. The van der Waals surface area contributed by atoms with Gasteiger partial charge in [0.05, 0.1) is 25.6 Å². The number of amides is 3. The van der Waals surface area contributed by atoms with E-state index in [0.29, 0.717) is 0 Å². The predicted octanol–water partition coefficient (Wildman–Crippen LogP) is 1.21. The van der Waals surface area contributed by atoms with Crippen molar-refractivity contribution in [3.8, 4) is 0 Å². The third-order valence-electron chi connectivity index (χ3n) is 4.05. The molecule has 0 aliphatic carbocycles. The Morgan fingerprint density at radius 1 is 0.786 bits per heavy atom. The summed E-state index contributed by atoms with van der Waals surface area (Å²) in [5, 5.41) is 7.92. The van der Waals surface area contributed by atoms with E-state index in [-0.39, 0.29) is 56.4 Å². The van der Waals surface area contributed by atoms with Gasteiger partial charge in [0.1, 0.15) is 6.04 Å². The third kappa shape index (κ3) is 10.1. The Kier molecular flexibility index (Phi) is 12.6. The normalized spacial score (nSPS) is 12.9. The molecule has 0 bridgehead atoms. The number of rotatable bonds is 12. The fourth-order valence-corrected chi connectivity index (χ4v) is 2.48. The van der Waals surface area contributed by atoms with Gasteiger partial charge in [-0.1, -0.05) is 27.7 Å². The number of carbonyl (C=O) groups is 4. The van der Waals surface area contributed by atoms with Crippen LogP contribution in [0.5, 0.6) is 0 Å². The second kappa shape index (κ2) is 13.8. The van der Waals surface area contributed by atoms with E-state index in [1.807, 2.05) is 13.8 Å². The Hall–Kier alpha value is -2.32. The van der Waals surface area contributed by atoms with Crippen LogP contribution >= 0.6 is 0 Å². The van der Waals surface area contributed by atoms with E-state index >= 15 is 0 Å². The topological polar surface area (TPSA) is 123 Å². The molecule has 3 N–H and O–H groups in total. The van der Waals surface area contributed by atoms with Crippen LogP contribution in [0, 0.1) is 17.8 Å². The first kappa shape index (κ1) is 25.7. The van der Waals surface area contributed by atoms with Crippen molar-refractivity contribution in [3.05, 3.63) is 0 Å². The van der Waals surface area contributed by atoms with Gasteiger partial charge in [0, 0.05) is 13.1 Å². The number of esters is 1. The van der Waals surface area contributed by atoms with E-state index in [1.54, 1.807) is 27.7 Å². The first-order valence-corrected chi connectivity index (χ1v) is 9.78. The quantitative estimate of drug-likeness (QED) is 0.334. The molecule has 0 aliphatic rings. The number of ether oxygens (including phenoxy) is 2. The summed E-state index contributed by atoms with van der Waals surface area (Å²) >= 11 is 0. The van der Waals surface area contributed by atoms with Crippen LogP contribution < -0.4 is 16.0 Å². The highest BCUT2D eigenvalue weighted by atomic mass is 16.5. The van der Waals surface area contributed by atoms with Gasteiger partial charge in [0.2, 0.25) is 11.8 Å². The highest BCUT2D eigenvalue weighted by Gasteiger charge is 2.26.